The second kappa shape index (κ2) is 8.12. The Hall–Kier alpha value is -1.14. The number of nitrogens with zero attached hydrogens (tertiary/aromatic N) is 1. The summed E-state index contributed by atoms with van der Waals surface area (Å²) in [5, 5.41) is 2.42. The number of rotatable bonds is 6. The van der Waals surface area contributed by atoms with E-state index in [1.807, 2.05) is 0 Å². The van der Waals surface area contributed by atoms with Gasteiger partial charge in [-0.25, -0.2) is 0 Å². The van der Waals surface area contributed by atoms with Crippen LogP contribution < -0.4 is 11.1 Å². The minimum absolute atomic E-state index is 0.0497. The van der Waals surface area contributed by atoms with Crippen LogP contribution in [0.25, 0.3) is 0 Å². The van der Waals surface area contributed by atoms with Crippen LogP contribution in [-0.4, -0.2) is 56.6 Å². The van der Waals surface area contributed by atoms with Gasteiger partial charge in [0.25, 0.3) is 0 Å². The number of ether oxygens (including phenoxy) is 1. The lowest BCUT2D eigenvalue weighted by Crippen LogP contribution is -2.42. The Morgan fingerprint density at radius 3 is 2.63 bits per heavy atom. The van der Waals surface area contributed by atoms with Gasteiger partial charge in [-0.2, -0.15) is 0 Å². The van der Waals surface area contributed by atoms with E-state index < -0.39 is 6.04 Å². The first-order valence-electron chi connectivity index (χ1n) is 6.84. The molecule has 0 aromatic rings. The number of esters is 1. The second-order valence-corrected chi connectivity index (χ2v) is 5.19. The highest BCUT2D eigenvalue weighted by Gasteiger charge is 2.19. The van der Waals surface area contributed by atoms with Crippen LogP contribution >= 0.6 is 0 Å². The van der Waals surface area contributed by atoms with Crippen molar-refractivity contribution in [3.63, 3.8) is 0 Å². The van der Waals surface area contributed by atoms with Crippen molar-refractivity contribution in [3.8, 4) is 0 Å². The van der Waals surface area contributed by atoms with Crippen LogP contribution in [0.4, 0.5) is 0 Å². The molecule has 1 fully saturated rings. The molecule has 0 radical (unpaired) electrons. The number of piperidine rings is 1. The molecule has 0 spiro atoms. The van der Waals surface area contributed by atoms with Gasteiger partial charge in [-0.3, -0.25) is 9.59 Å². The van der Waals surface area contributed by atoms with Crippen LogP contribution in [0.1, 0.15) is 25.7 Å². The van der Waals surface area contributed by atoms with Gasteiger partial charge in [0.05, 0.1) is 0 Å². The molecule has 1 rings (SSSR count). The molecule has 110 valence electrons. The Balaban J connectivity index is 2.12. The number of hydrogen-bond acceptors (Lipinski definition) is 5. The Labute approximate surface area is 114 Å². The summed E-state index contributed by atoms with van der Waals surface area (Å²) in [7, 11) is 3.62. The summed E-state index contributed by atoms with van der Waals surface area (Å²) in [6.45, 7) is 2.15. The molecule has 19 heavy (non-hydrogen) atoms. The molecule has 1 saturated heterocycles. The van der Waals surface area contributed by atoms with Gasteiger partial charge in [-0.1, -0.05) is 0 Å². The van der Waals surface area contributed by atoms with Gasteiger partial charge in [0.1, 0.15) is 12.6 Å². The summed E-state index contributed by atoms with van der Waals surface area (Å²) < 4.78 is 5.00. The van der Waals surface area contributed by atoms with E-state index in [9.17, 15) is 9.59 Å². The topological polar surface area (TPSA) is 84.7 Å². The quantitative estimate of drug-likeness (QED) is 0.649. The predicted octanol–water partition coefficient (Wildman–Crippen LogP) is -0.275. The Morgan fingerprint density at radius 2 is 2.05 bits per heavy atom. The number of hydrogen-bond donors (Lipinski definition) is 2. The number of likely N-dealkylation sites (tertiary alicyclic amines) is 1. The summed E-state index contributed by atoms with van der Waals surface area (Å²) in [5.41, 5.74) is 5.54. The maximum Gasteiger partial charge on any atom is 0.305 e. The highest BCUT2D eigenvalue weighted by atomic mass is 16.5. The lowest BCUT2D eigenvalue weighted by atomic mass is 9.92. The number of amides is 1. The molecule has 0 aromatic carbocycles. The number of likely N-dealkylation sites (N-methyl/N-ethyl adjacent to an activating group) is 1. The van der Waals surface area contributed by atoms with Crippen molar-refractivity contribution in [1.82, 2.24) is 10.2 Å². The lowest BCUT2D eigenvalue weighted by molar-refractivity contribution is -0.145. The van der Waals surface area contributed by atoms with Gasteiger partial charge in [-0.15, -0.1) is 0 Å². The van der Waals surface area contributed by atoms with Gasteiger partial charge >= 0.3 is 5.97 Å². The SMILES string of the molecule is CNC(=O)C(N)COC(=O)CCC1CCN(C)CC1. The van der Waals surface area contributed by atoms with Gasteiger partial charge in [-0.05, 0) is 45.3 Å². The van der Waals surface area contributed by atoms with E-state index in [1.165, 1.54) is 7.05 Å². The van der Waals surface area contributed by atoms with Crippen LogP contribution in [0.2, 0.25) is 0 Å². The zero-order valence-corrected chi connectivity index (χ0v) is 11.9. The molecule has 0 aromatic heterocycles. The van der Waals surface area contributed by atoms with E-state index in [-0.39, 0.29) is 18.5 Å². The van der Waals surface area contributed by atoms with E-state index >= 15 is 0 Å². The standard InChI is InChI=1S/C13H25N3O3/c1-15-13(18)11(14)9-19-12(17)4-3-10-5-7-16(2)8-6-10/h10-11H,3-9,14H2,1-2H3,(H,15,18). The minimum atomic E-state index is -0.780. The predicted molar refractivity (Wildman–Crippen MR) is 72.5 cm³/mol. The highest BCUT2D eigenvalue weighted by Crippen LogP contribution is 2.21. The van der Waals surface area contributed by atoms with Crippen LogP contribution in [0, 0.1) is 5.92 Å². The molecular formula is C13H25N3O3. The van der Waals surface area contributed by atoms with Crippen LogP contribution in [0.15, 0.2) is 0 Å². The second-order valence-electron chi connectivity index (χ2n) is 5.19. The Kier molecular flexibility index (Phi) is 6.80. The van der Waals surface area contributed by atoms with Gasteiger partial charge in [0.2, 0.25) is 5.91 Å². The Bertz CT molecular complexity index is 302. The van der Waals surface area contributed by atoms with Crippen molar-refractivity contribution in [2.45, 2.75) is 31.7 Å². The third-order valence-corrected chi connectivity index (χ3v) is 3.60. The smallest absolute Gasteiger partial charge is 0.305 e. The van der Waals surface area contributed by atoms with Gasteiger partial charge < -0.3 is 20.7 Å². The number of carbonyl (C=O) groups is 2. The van der Waals surface area contributed by atoms with E-state index in [0.717, 1.165) is 32.4 Å². The molecule has 6 heteroatoms. The van der Waals surface area contributed by atoms with Crippen molar-refractivity contribution in [3.05, 3.63) is 0 Å². The number of nitrogens with two attached hydrogens (primary N) is 1. The largest absolute Gasteiger partial charge is 0.463 e. The molecule has 0 aliphatic carbocycles. The molecule has 1 aliphatic rings. The first-order chi connectivity index (χ1) is 9.02. The fourth-order valence-corrected chi connectivity index (χ4v) is 2.19. The summed E-state index contributed by atoms with van der Waals surface area (Å²) in [4.78, 5) is 25.0. The van der Waals surface area contributed by atoms with Crippen molar-refractivity contribution in [1.29, 1.82) is 0 Å². The third-order valence-electron chi connectivity index (χ3n) is 3.60. The Morgan fingerprint density at radius 1 is 1.42 bits per heavy atom. The molecule has 1 unspecified atom stereocenters. The lowest BCUT2D eigenvalue weighted by Gasteiger charge is -2.28. The first kappa shape index (κ1) is 15.9. The van der Waals surface area contributed by atoms with Crippen molar-refractivity contribution < 1.29 is 14.3 Å². The highest BCUT2D eigenvalue weighted by molar-refractivity contribution is 5.81. The molecule has 0 saturated carbocycles. The molecule has 3 N–H and O–H groups in total. The molecule has 1 heterocycles. The molecular weight excluding hydrogens is 246 g/mol. The van der Waals surface area contributed by atoms with Gasteiger partial charge in [0, 0.05) is 13.5 Å². The summed E-state index contributed by atoms with van der Waals surface area (Å²) >= 11 is 0. The summed E-state index contributed by atoms with van der Waals surface area (Å²) in [5.74, 6) is 0.0257. The third kappa shape index (κ3) is 6.02. The maximum absolute atomic E-state index is 11.5. The zero-order valence-electron chi connectivity index (χ0n) is 11.9. The fraction of sp³-hybridized carbons (Fsp3) is 0.846. The molecule has 6 nitrogen and oxygen atoms in total. The summed E-state index contributed by atoms with van der Waals surface area (Å²) in [6.07, 6.45) is 3.56. The van der Waals surface area contributed by atoms with Crippen molar-refractivity contribution in [2.75, 3.05) is 33.8 Å². The zero-order chi connectivity index (χ0) is 14.3. The van der Waals surface area contributed by atoms with Crippen molar-refractivity contribution in [2.24, 2.45) is 11.7 Å². The van der Waals surface area contributed by atoms with Gasteiger partial charge in [0.15, 0.2) is 0 Å². The maximum atomic E-state index is 11.5. The number of carbonyl (C=O) groups excluding carboxylic acids is 2. The molecule has 1 atom stereocenters. The van der Waals surface area contributed by atoms with Crippen LogP contribution in [-0.2, 0) is 14.3 Å². The van der Waals surface area contributed by atoms with E-state index in [4.69, 9.17) is 10.5 Å². The normalized spacial score (nSPS) is 18.9. The van der Waals surface area contributed by atoms with E-state index in [1.54, 1.807) is 0 Å². The monoisotopic (exact) mass is 271 g/mol. The number of nitrogens with one attached hydrogen (secondary N) is 1. The summed E-state index contributed by atoms with van der Waals surface area (Å²) in [6, 6.07) is -0.780. The molecule has 1 amide bonds. The first-order valence-corrected chi connectivity index (χ1v) is 6.84. The molecule has 1 aliphatic heterocycles. The van der Waals surface area contributed by atoms with E-state index in [0.29, 0.717) is 12.3 Å². The minimum Gasteiger partial charge on any atom is -0.463 e. The van der Waals surface area contributed by atoms with Crippen LogP contribution in [0.3, 0.4) is 0 Å². The van der Waals surface area contributed by atoms with Crippen molar-refractivity contribution >= 4 is 11.9 Å². The molecule has 0 bridgehead atoms. The van der Waals surface area contributed by atoms with Crippen LogP contribution in [0.5, 0.6) is 0 Å². The average molecular weight is 271 g/mol. The average Bonchev–Trinajstić information content (AvgIpc) is 2.43. The van der Waals surface area contributed by atoms with E-state index in [2.05, 4.69) is 17.3 Å². The fourth-order valence-electron chi connectivity index (χ4n) is 2.19.